The van der Waals surface area contributed by atoms with E-state index in [1.165, 1.54) is 0 Å². The van der Waals surface area contributed by atoms with Gasteiger partial charge in [-0.2, -0.15) is 15.5 Å². The van der Waals surface area contributed by atoms with Crippen LogP contribution in [0.3, 0.4) is 0 Å². The third-order valence-corrected chi connectivity index (χ3v) is 7.86. The summed E-state index contributed by atoms with van der Waals surface area (Å²) in [6, 6.07) is 8.50. The fraction of sp³-hybridized carbons (Fsp3) is 0.370. The van der Waals surface area contributed by atoms with E-state index < -0.39 is 0 Å². The zero-order valence-corrected chi connectivity index (χ0v) is 20.6. The first-order valence-corrected chi connectivity index (χ1v) is 12.3. The lowest BCUT2D eigenvalue weighted by atomic mass is 9.78. The molecule has 0 saturated carbocycles. The number of aryl methyl sites for hydroxylation is 1. The molecule has 0 aliphatic carbocycles. The van der Waals surface area contributed by atoms with Crippen molar-refractivity contribution in [1.29, 1.82) is 5.26 Å². The second-order valence-corrected chi connectivity index (χ2v) is 10.1. The zero-order chi connectivity index (χ0) is 24.9. The predicted octanol–water partition coefficient (Wildman–Crippen LogP) is 3.51. The van der Waals surface area contributed by atoms with Gasteiger partial charge in [0.05, 0.1) is 23.5 Å². The Kier molecular flexibility index (Phi) is 5.25. The molecule has 2 aliphatic rings. The van der Waals surface area contributed by atoms with Gasteiger partial charge in [0.1, 0.15) is 11.9 Å². The van der Waals surface area contributed by atoms with Crippen molar-refractivity contribution in [2.75, 3.05) is 31.1 Å². The summed E-state index contributed by atoms with van der Waals surface area (Å²) in [6.45, 7) is 5.33. The topological polar surface area (TPSA) is 95.4 Å². The van der Waals surface area contributed by atoms with Crippen LogP contribution in [-0.4, -0.2) is 61.4 Å². The molecule has 182 valence electrons. The van der Waals surface area contributed by atoms with E-state index in [9.17, 15) is 10.1 Å². The maximum atomic E-state index is 11.8. The van der Waals surface area contributed by atoms with E-state index >= 15 is 0 Å². The van der Waals surface area contributed by atoms with Crippen LogP contribution < -0.4 is 4.90 Å². The molecule has 0 unspecified atom stereocenters. The molecule has 1 spiro atoms. The summed E-state index contributed by atoms with van der Waals surface area (Å²) in [4.78, 5) is 20.9. The monoisotopic (exact) mass is 480 g/mol. The molecule has 2 fully saturated rings. The number of anilines is 1. The second kappa shape index (κ2) is 8.48. The van der Waals surface area contributed by atoms with Gasteiger partial charge in [0, 0.05) is 81.0 Å². The Morgan fingerprint density at radius 1 is 1.00 bits per heavy atom. The van der Waals surface area contributed by atoms with Gasteiger partial charge in [0.25, 0.3) is 0 Å². The van der Waals surface area contributed by atoms with E-state index in [1.54, 1.807) is 22.3 Å². The third-order valence-electron chi connectivity index (χ3n) is 7.86. The molecule has 0 aromatic carbocycles. The van der Waals surface area contributed by atoms with Gasteiger partial charge in [-0.05, 0) is 42.9 Å². The highest BCUT2D eigenvalue weighted by Gasteiger charge is 2.41. The lowest BCUT2D eigenvalue weighted by Gasteiger charge is -2.39. The number of hydrogen-bond acceptors (Lipinski definition) is 6. The van der Waals surface area contributed by atoms with E-state index in [-0.39, 0.29) is 11.3 Å². The Hall–Kier alpha value is -4.19. The van der Waals surface area contributed by atoms with E-state index in [2.05, 4.69) is 39.4 Å². The number of pyridine rings is 2. The van der Waals surface area contributed by atoms with Crippen molar-refractivity contribution < 1.29 is 4.79 Å². The molecule has 6 rings (SSSR count). The number of aromatic nitrogens is 5. The van der Waals surface area contributed by atoms with Crippen LogP contribution in [0.15, 0.2) is 49.2 Å². The highest BCUT2D eigenvalue weighted by atomic mass is 16.2. The van der Waals surface area contributed by atoms with Gasteiger partial charge in [-0.1, -0.05) is 0 Å². The Morgan fingerprint density at radius 2 is 1.81 bits per heavy atom. The quantitative estimate of drug-likeness (QED) is 0.445. The maximum Gasteiger partial charge on any atom is 0.219 e. The minimum Gasteiger partial charge on any atom is -0.357 e. The molecule has 9 heteroatoms. The van der Waals surface area contributed by atoms with Crippen molar-refractivity contribution in [3.05, 3.63) is 54.7 Å². The lowest BCUT2D eigenvalue weighted by molar-refractivity contribution is -0.128. The van der Waals surface area contributed by atoms with Crippen molar-refractivity contribution in [2.24, 2.45) is 12.5 Å². The molecule has 0 atom stereocenters. The molecule has 2 aliphatic heterocycles. The smallest absolute Gasteiger partial charge is 0.219 e. The first-order valence-electron chi connectivity index (χ1n) is 12.3. The highest BCUT2D eigenvalue weighted by molar-refractivity contribution is 5.87. The Bertz CT molecular complexity index is 1480. The molecular weight excluding hydrogens is 452 g/mol. The molecule has 6 heterocycles. The van der Waals surface area contributed by atoms with Gasteiger partial charge in [0.15, 0.2) is 0 Å². The molecule has 0 N–H and O–H groups in total. The SMILES string of the molecule is CC(=O)N1CCC2(CCN(c3ccc(-c4cc(-c5cnn(C)c5)cn5ncc(C#N)c45)cn3)CC2)C1. The van der Waals surface area contributed by atoms with Gasteiger partial charge >= 0.3 is 0 Å². The van der Waals surface area contributed by atoms with Crippen LogP contribution in [0.1, 0.15) is 31.7 Å². The minimum atomic E-state index is 0.186. The van der Waals surface area contributed by atoms with E-state index in [0.717, 1.165) is 79.0 Å². The number of amides is 1. The molecule has 4 aromatic rings. The predicted molar refractivity (Wildman–Crippen MR) is 136 cm³/mol. The van der Waals surface area contributed by atoms with Crippen molar-refractivity contribution >= 4 is 17.2 Å². The second-order valence-electron chi connectivity index (χ2n) is 10.1. The van der Waals surface area contributed by atoms with Gasteiger partial charge < -0.3 is 9.80 Å². The van der Waals surface area contributed by atoms with Crippen LogP contribution in [0.4, 0.5) is 5.82 Å². The fourth-order valence-corrected chi connectivity index (χ4v) is 5.71. The van der Waals surface area contributed by atoms with Crippen molar-refractivity contribution in [1.82, 2.24) is 29.3 Å². The van der Waals surface area contributed by atoms with Gasteiger partial charge in [-0.3, -0.25) is 9.48 Å². The van der Waals surface area contributed by atoms with Crippen LogP contribution in [0.25, 0.3) is 27.8 Å². The summed E-state index contributed by atoms with van der Waals surface area (Å²) >= 11 is 0. The fourth-order valence-electron chi connectivity index (χ4n) is 5.71. The number of rotatable bonds is 3. The number of nitrogens with zero attached hydrogens (tertiary/aromatic N) is 8. The Balaban J connectivity index is 1.28. The summed E-state index contributed by atoms with van der Waals surface area (Å²) in [7, 11) is 1.89. The third kappa shape index (κ3) is 3.79. The number of carbonyl (C=O) groups excluding carboxylic acids is 1. The summed E-state index contributed by atoms with van der Waals surface area (Å²) in [5.41, 5.74) is 5.37. The molecule has 1 amide bonds. The number of carbonyl (C=O) groups is 1. The van der Waals surface area contributed by atoms with Gasteiger partial charge in [-0.25, -0.2) is 9.50 Å². The first-order chi connectivity index (χ1) is 17.4. The highest BCUT2D eigenvalue weighted by Crippen LogP contribution is 2.41. The average molecular weight is 481 g/mol. The molecule has 0 bridgehead atoms. The van der Waals surface area contributed by atoms with Crippen molar-refractivity contribution in [3.63, 3.8) is 0 Å². The number of fused-ring (bicyclic) bond motifs is 1. The van der Waals surface area contributed by atoms with Crippen LogP contribution >= 0.6 is 0 Å². The molecule has 0 radical (unpaired) electrons. The summed E-state index contributed by atoms with van der Waals surface area (Å²) in [5, 5.41) is 18.4. The van der Waals surface area contributed by atoms with Crippen LogP contribution in [0.5, 0.6) is 0 Å². The summed E-state index contributed by atoms with van der Waals surface area (Å²) < 4.78 is 3.53. The summed E-state index contributed by atoms with van der Waals surface area (Å²) in [6.07, 6.45) is 12.5. The Labute approximate surface area is 209 Å². The molecule has 9 nitrogen and oxygen atoms in total. The van der Waals surface area contributed by atoms with Gasteiger partial charge in [-0.15, -0.1) is 0 Å². The number of nitriles is 1. The molecular formula is C27H28N8O. The molecule has 36 heavy (non-hydrogen) atoms. The van der Waals surface area contributed by atoms with Crippen LogP contribution in [0, 0.1) is 16.7 Å². The van der Waals surface area contributed by atoms with Crippen LogP contribution in [0.2, 0.25) is 0 Å². The van der Waals surface area contributed by atoms with Crippen molar-refractivity contribution in [3.8, 4) is 28.3 Å². The van der Waals surface area contributed by atoms with E-state index in [0.29, 0.717) is 5.56 Å². The number of piperidine rings is 1. The standard InChI is InChI=1S/C27H28N8O/c1-19(36)34-10-7-27(18-34)5-8-33(9-6-27)25-4-3-20(13-29-25)24-11-21(23-15-30-32(2)16-23)17-35-26(24)22(12-28)14-31-35/h3-4,11,13-17H,5-10,18H2,1-2H3. The Morgan fingerprint density at radius 3 is 2.44 bits per heavy atom. The molecule has 4 aromatic heterocycles. The molecule has 2 saturated heterocycles. The number of hydrogen-bond donors (Lipinski definition) is 0. The van der Waals surface area contributed by atoms with E-state index in [1.807, 2.05) is 36.7 Å². The normalized spacial score (nSPS) is 17.1. The average Bonchev–Trinajstić information content (AvgIpc) is 3.63. The first kappa shape index (κ1) is 22.3. The van der Waals surface area contributed by atoms with Crippen molar-refractivity contribution in [2.45, 2.75) is 26.2 Å². The summed E-state index contributed by atoms with van der Waals surface area (Å²) in [5.74, 6) is 1.15. The maximum absolute atomic E-state index is 11.8. The minimum absolute atomic E-state index is 0.186. The zero-order valence-electron chi connectivity index (χ0n) is 20.6. The largest absolute Gasteiger partial charge is 0.357 e. The van der Waals surface area contributed by atoms with E-state index in [4.69, 9.17) is 4.98 Å². The van der Waals surface area contributed by atoms with Crippen LogP contribution in [-0.2, 0) is 11.8 Å². The van der Waals surface area contributed by atoms with Gasteiger partial charge in [0.2, 0.25) is 5.91 Å². The lowest BCUT2D eigenvalue weighted by Crippen LogP contribution is -2.42. The number of likely N-dealkylation sites (tertiary alicyclic amines) is 1.